The summed E-state index contributed by atoms with van der Waals surface area (Å²) in [6.07, 6.45) is 0. The molecule has 1 rings (SSSR count). The van der Waals surface area contributed by atoms with E-state index < -0.39 is 27.3 Å². The third-order valence-corrected chi connectivity index (χ3v) is 5.44. The van der Waals surface area contributed by atoms with Crippen molar-refractivity contribution in [2.45, 2.75) is 38.1 Å². The number of hydrogen-bond acceptors (Lipinski definition) is 3. The van der Waals surface area contributed by atoms with E-state index in [1.54, 1.807) is 0 Å². The number of carboxylic acid groups (broad SMARTS) is 1. The van der Waals surface area contributed by atoms with Gasteiger partial charge >= 0.3 is 5.97 Å². The summed E-state index contributed by atoms with van der Waals surface area (Å²) < 4.78 is 39.3. The molecule has 5 nitrogen and oxygen atoms in total. The van der Waals surface area contributed by atoms with Gasteiger partial charge in [-0.3, -0.25) is 4.79 Å². The standard InChI is InChI=1S/C13H18FNO4S/c1-5-15(13(3,4)12(16)17)20(18,19)11-8-10(14)7-6-9(11)2/h6-8H,5H2,1-4H3,(H,16,17). The zero-order valence-corrected chi connectivity index (χ0v) is 12.7. The van der Waals surface area contributed by atoms with Crippen LogP contribution >= 0.6 is 0 Å². The van der Waals surface area contributed by atoms with Crippen LogP contribution in [0.5, 0.6) is 0 Å². The lowest BCUT2D eigenvalue weighted by Gasteiger charge is -2.33. The topological polar surface area (TPSA) is 74.7 Å². The maximum absolute atomic E-state index is 13.3. The average Bonchev–Trinajstić information content (AvgIpc) is 2.32. The fraction of sp³-hybridized carbons (Fsp3) is 0.462. The van der Waals surface area contributed by atoms with Crippen molar-refractivity contribution in [1.29, 1.82) is 0 Å². The number of nitrogens with zero attached hydrogens (tertiary/aromatic N) is 1. The number of rotatable bonds is 5. The van der Waals surface area contributed by atoms with Crippen molar-refractivity contribution in [3.63, 3.8) is 0 Å². The van der Waals surface area contributed by atoms with Crippen LogP contribution < -0.4 is 0 Å². The van der Waals surface area contributed by atoms with E-state index in [2.05, 4.69) is 0 Å². The van der Waals surface area contributed by atoms with E-state index in [1.165, 1.54) is 33.8 Å². The molecule has 0 aromatic heterocycles. The normalized spacial score (nSPS) is 12.7. The van der Waals surface area contributed by atoms with Gasteiger partial charge in [0.2, 0.25) is 10.0 Å². The molecule has 1 aromatic rings. The molecule has 20 heavy (non-hydrogen) atoms. The first kappa shape index (κ1) is 16.6. The van der Waals surface area contributed by atoms with Crippen LogP contribution in [0.1, 0.15) is 26.3 Å². The number of carbonyl (C=O) groups is 1. The Kier molecular flexibility index (Phi) is 4.55. The lowest BCUT2D eigenvalue weighted by molar-refractivity contribution is -0.146. The lowest BCUT2D eigenvalue weighted by atomic mass is 10.1. The highest BCUT2D eigenvalue weighted by atomic mass is 32.2. The Labute approximate surface area is 118 Å². The molecule has 0 aliphatic rings. The van der Waals surface area contributed by atoms with Crippen LogP contribution in [0.25, 0.3) is 0 Å². The van der Waals surface area contributed by atoms with Gasteiger partial charge in [0.25, 0.3) is 0 Å². The molecule has 0 bridgehead atoms. The molecular weight excluding hydrogens is 285 g/mol. The lowest BCUT2D eigenvalue weighted by Crippen LogP contribution is -2.52. The van der Waals surface area contributed by atoms with Gasteiger partial charge in [0.15, 0.2) is 0 Å². The maximum atomic E-state index is 13.3. The summed E-state index contributed by atoms with van der Waals surface area (Å²) in [6.45, 7) is 5.64. The quantitative estimate of drug-likeness (QED) is 0.903. The predicted octanol–water partition coefficient (Wildman–Crippen LogP) is 2.01. The van der Waals surface area contributed by atoms with Crippen LogP contribution in [0.2, 0.25) is 0 Å². The fourth-order valence-electron chi connectivity index (χ4n) is 1.94. The number of hydrogen-bond donors (Lipinski definition) is 1. The number of carboxylic acids is 1. The highest BCUT2D eigenvalue weighted by Gasteiger charge is 2.42. The van der Waals surface area contributed by atoms with Crippen LogP contribution in [0, 0.1) is 12.7 Å². The molecule has 7 heteroatoms. The Balaban J connectivity index is 3.48. The molecule has 0 aliphatic carbocycles. The van der Waals surface area contributed by atoms with Crippen molar-refractivity contribution in [2.24, 2.45) is 0 Å². The van der Waals surface area contributed by atoms with Crippen molar-refractivity contribution in [2.75, 3.05) is 6.54 Å². The highest BCUT2D eigenvalue weighted by molar-refractivity contribution is 7.89. The SMILES string of the molecule is CCN(C(C)(C)C(=O)O)S(=O)(=O)c1cc(F)ccc1C. The summed E-state index contributed by atoms with van der Waals surface area (Å²) in [5.41, 5.74) is -1.25. The van der Waals surface area contributed by atoms with Crippen LogP contribution in [-0.4, -0.2) is 35.9 Å². The number of sulfonamides is 1. The van der Waals surface area contributed by atoms with E-state index in [9.17, 15) is 22.7 Å². The van der Waals surface area contributed by atoms with Gasteiger partial charge in [-0.1, -0.05) is 13.0 Å². The molecule has 0 amide bonds. The summed E-state index contributed by atoms with van der Waals surface area (Å²) in [6, 6.07) is 3.42. The van der Waals surface area contributed by atoms with E-state index >= 15 is 0 Å². The predicted molar refractivity (Wildman–Crippen MR) is 72.4 cm³/mol. The van der Waals surface area contributed by atoms with Gasteiger partial charge in [0.05, 0.1) is 4.90 Å². The first-order chi connectivity index (χ1) is 9.05. The minimum Gasteiger partial charge on any atom is -0.480 e. The van der Waals surface area contributed by atoms with E-state index in [1.807, 2.05) is 0 Å². The van der Waals surface area contributed by atoms with Crippen molar-refractivity contribution in [3.05, 3.63) is 29.6 Å². The van der Waals surface area contributed by atoms with E-state index in [0.717, 1.165) is 16.4 Å². The summed E-state index contributed by atoms with van der Waals surface area (Å²) in [7, 11) is -4.09. The number of halogens is 1. The molecule has 0 saturated heterocycles. The second-order valence-corrected chi connectivity index (χ2v) is 6.77. The zero-order chi connectivity index (χ0) is 15.7. The molecule has 0 atom stereocenters. The summed E-state index contributed by atoms with van der Waals surface area (Å²) in [4.78, 5) is 11.1. The largest absolute Gasteiger partial charge is 0.480 e. The number of benzene rings is 1. The molecule has 1 aromatic carbocycles. The van der Waals surface area contributed by atoms with Crippen LogP contribution in [0.15, 0.2) is 23.1 Å². The molecular formula is C13H18FNO4S. The van der Waals surface area contributed by atoms with E-state index in [-0.39, 0.29) is 11.4 Å². The van der Waals surface area contributed by atoms with E-state index in [0.29, 0.717) is 5.56 Å². The molecule has 0 aliphatic heterocycles. The van der Waals surface area contributed by atoms with Crippen molar-refractivity contribution < 1.29 is 22.7 Å². The molecule has 112 valence electrons. The molecule has 0 spiro atoms. The first-order valence-corrected chi connectivity index (χ1v) is 7.51. The number of aryl methyl sites for hydroxylation is 1. The van der Waals surface area contributed by atoms with Gasteiger partial charge in [-0.05, 0) is 38.5 Å². The summed E-state index contributed by atoms with van der Waals surface area (Å²) in [5.74, 6) is -1.95. The minimum absolute atomic E-state index is 0.0302. The second-order valence-electron chi connectivity index (χ2n) is 4.94. The molecule has 0 saturated carbocycles. The molecule has 0 unspecified atom stereocenters. The Morgan fingerprint density at radius 2 is 1.95 bits per heavy atom. The van der Waals surface area contributed by atoms with Gasteiger partial charge in [-0.15, -0.1) is 0 Å². The molecule has 0 heterocycles. The van der Waals surface area contributed by atoms with Gasteiger partial charge in [0.1, 0.15) is 11.4 Å². The van der Waals surface area contributed by atoms with E-state index in [4.69, 9.17) is 0 Å². The van der Waals surface area contributed by atoms with Gasteiger partial charge < -0.3 is 5.11 Å². The third-order valence-electron chi connectivity index (χ3n) is 3.15. The Hall–Kier alpha value is -1.47. The van der Waals surface area contributed by atoms with Gasteiger partial charge in [-0.2, -0.15) is 4.31 Å². The van der Waals surface area contributed by atoms with Crippen molar-refractivity contribution in [3.8, 4) is 0 Å². The third kappa shape index (κ3) is 2.83. The zero-order valence-electron chi connectivity index (χ0n) is 11.8. The Bertz CT molecular complexity index is 625. The van der Waals surface area contributed by atoms with Crippen LogP contribution in [-0.2, 0) is 14.8 Å². The fourth-order valence-corrected chi connectivity index (χ4v) is 3.94. The monoisotopic (exact) mass is 303 g/mol. The average molecular weight is 303 g/mol. The minimum atomic E-state index is -4.09. The summed E-state index contributed by atoms with van der Waals surface area (Å²) in [5, 5.41) is 9.20. The molecule has 0 fully saturated rings. The maximum Gasteiger partial charge on any atom is 0.324 e. The second kappa shape index (κ2) is 5.49. The van der Waals surface area contributed by atoms with Gasteiger partial charge in [-0.25, -0.2) is 12.8 Å². The molecule has 1 N–H and O–H groups in total. The van der Waals surface area contributed by atoms with Gasteiger partial charge in [0, 0.05) is 6.54 Å². The van der Waals surface area contributed by atoms with Crippen LogP contribution in [0.4, 0.5) is 4.39 Å². The van der Waals surface area contributed by atoms with Crippen LogP contribution in [0.3, 0.4) is 0 Å². The first-order valence-electron chi connectivity index (χ1n) is 6.07. The smallest absolute Gasteiger partial charge is 0.324 e. The Morgan fingerprint density at radius 3 is 2.40 bits per heavy atom. The number of likely N-dealkylation sites (N-methyl/N-ethyl adjacent to an activating group) is 1. The Morgan fingerprint density at radius 1 is 1.40 bits per heavy atom. The highest BCUT2D eigenvalue weighted by Crippen LogP contribution is 2.27. The molecule has 0 radical (unpaired) electrons. The van der Waals surface area contributed by atoms with Crippen molar-refractivity contribution >= 4 is 16.0 Å². The number of aliphatic carboxylic acids is 1. The summed E-state index contributed by atoms with van der Waals surface area (Å²) >= 11 is 0. The van der Waals surface area contributed by atoms with Crippen molar-refractivity contribution in [1.82, 2.24) is 4.31 Å².